The molecule has 2 rings (SSSR count). The van der Waals surface area contributed by atoms with Crippen molar-refractivity contribution in [1.82, 2.24) is 10.3 Å². The first-order chi connectivity index (χ1) is 9.10. The fourth-order valence-corrected chi connectivity index (χ4v) is 2.34. The molecule has 6 heteroatoms. The third kappa shape index (κ3) is 3.29. The lowest BCUT2D eigenvalue weighted by Gasteiger charge is -2.04. The summed E-state index contributed by atoms with van der Waals surface area (Å²) < 4.78 is 13.0. The van der Waals surface area contributed by atoms with Gasteiger partial charge in [0, 0.05) is 16.6 Å². The van der Waals surface area contributed by atoms with Crippen LogP contribution in [0.3, 0.4) is 0 Å². The number of nitrogens with zero attached hydrogens (tertiary/aromatic N) is 1. The van der Waals surface area contributed by atoms with Crippen LogP contribution in [-0.2, 0) is 13.0 Å². The van der Waals surface area contributed by atoms with Crippen LogP contribution >= 0.6 is 11.3 Å². The van der Waals surface area contributed by atoms with Crippen LogP contribution < -0.4 is 11.1 Å². The molecule has 0 saturated carbocycles. The molecule has 0 atom stereocenters. The minimum Gasteiger partial charge on any atom is -0.396 e. The van der Waals surface area contributed by atoms with E-state index in [1.54, 1.807) is 11.3 Å². The zero-order chi connectivity index (χ0) is 13.8. The summed E-state index contributed by atoms with van der Waals surface area (Å²) in [6, 6.07) is 3.91. The molecule has 1 heterocycles. The second kappa shape index (κ2) is 5.79. The summed E-state index contributed by atoms with van der Waals surface area (Å²) in [6.07, 6.45) is 2.74. The van der Waals surface area contributed by atoms with Crippen molar-refractivity contribution in [1.29, 1.82) is 0 Å². The molecule has 19 heavy (non-hydrogen) atoms. The summed E-state index contributed by atoms with van der Waals surface area (Å²) in [7, 11) is 0. The lowest BCUT2D eigenvalue weighted by atomic mass is 10.2. The number of hydrogen-bond acceptors (Lipinski definition) is 4. The summed E-state index contributed by atoms with van der Waals surface area (Å²) >= 11 is 1.57. The van der Waals surface area contributed by atoms with Gasteiger partial charge >= 0.3 is 0 Å². The van der Waals surface area contributed by atoms with E-state index in [9.17, 15) is 9.18 Å². The zero-order valence-electron chi connectivity index (χ0n) is 10.4. The third-order valence-corrected chi connectivity index (χ3v) is 3.75. The molecule has 1 aromatic carbocycles. The molecule has 0 unspecified atom stereocenters. The molecule has 1 amide bonds. The van der Waals surface area contributed by atoms with Gasteiger partial charge in [-0.05, 0) is 24.6 Å². The van der Waals surface area contributed by atoms with Gasteiger partial charge in [0.15, 0.2) is 0 Å². The van der Waals surface area contributed by atoms with Gasteiger partial charge in [-0.3, -0.25) is 4.79 Å². The van der Waals surface area contributed by atoms with Gasteiger partial charge in [-0.1, -0.05) is 6.92 Å². The molecule has 1 aromatic heterocycles. The van der Waals surface area contributed by atoms with Gasteiger partial charge in [-0.15, -0.1) is 11.3 Å². The number of carbonyl (C=O) groups is 1. The number of hydrogen-bond donors (Lipinski definition) is 2. The monoisotopic (exact) mass is 279 g/mol. The number of rotatable bonds is 4. The average molecular weight is 279 g/mol. The van der Waals surface area contributed by atoms with Crippen molar-refractivity contribution < 1.29 is 9.18 Å². The maximum Gasteiger partial charge on any atom is 0.251 e. The van der Waals surface area contributed by atoms with E-state index in [-0.39, 0.29) is 11.6 Å². The number of anilines is 1. The largest absolute Gasteiger partial charge is 0.396 e. The maximum absolute atomic E-state index is 13.0. The second-order valence-electron chi connectivity index (χ2n) is 3.99. The van der Waals surface area contributed by atoms with Crippen molar-refractivity contribution >= 4 is 22.9 Å². The summed E-state index contributed by atoms with van der Waals surface area (Å²) in [5, 5.41) is 3.58. The number of aromatic nitrogens is 1. The van der Waals surface area contributed by atoms with Gasteiger partial charge in [0.05, 0.1) is 12.2 Å². The highest BCUT2D eigenvalue weighted by molar-refractivity contribution is 7.11. The number of carbonyl (C=O) groups excluding carboxylic acids is 1. The molecule has 0 fully saturated rings. The molecular formula is C13H14FN3OS. The third-order valence-electron chi connectivity index (χ3n) is 2.61. The van der Waals surface area contributed by atoms with E-state index < -0.39 is 5.82 Å². The molecule has 3 N–H and O–H groups in total. The van der Waals surface area contributed by atoms with Gasteiger partial charge in [-0.25, -0.2) is 9.37 Å². The molecule has 2 aromatic rings. The highest BCUT2D eigenvalue weighted by Crippen LogP contribution is 2.14. The molecule has 0 aliphatic heterocycles. The molecule has 0 aliphatic rings. The van der Waals surface area contributed by atoms with Crippen LogP contribution in [0.1, 0.15) is 27.2 Å². The first kappa shape index (κ1) is 13.5. The normalized spacial score (nSPS) is 10.4. The topological polar surface area (TPSA) is 68.0 Å². The molecule has 0 saturated heterocycles. The Balaban J connectivity index is 1.99. The smallest absolute Gasteiger partial charge is 0.251 e. The van der Waals surface area contributed by atoms with Gasteiger partial charge in [-0.2, -0.15) is 0 Å². The van der Waals surface area contributed by atoms with Crippen molar-refractivity contribution in [2.45, 2.75) is 19.9 Å². The van der Waals surface area contributed by atoms with Crippen molar-refractivity contribution in [3.05, 3.63) is 45.7 Å². The molecule has 0 aliphatic carbocycles. The number of thiazole rings is 1. The first-order valence-corrected chi connectivity index (χ1v) is 6.68. The van der Waals surface area contributed by atoms with Crippen LogP contribution in [0.2, 0.25) is 0 Å². The van der Waals surface area contributed by atoms with E-state index in [2.05, 4.69) is 17.2 Å². The number of benzene rings is 1. The van der Waals surface area contributed by atoms with Crippen molar-refractivity contribution in [2.24, 2.45) is 0 Å². The average Bonchev–Trinajstić information content (AvgIpc) is 2.87. The van der Waals surface area contributed by atoms with Crippen LogP contribution in [-0.4, -0.2) is 10.9 Å². The van der Waals surface area contributed by atoms with Crippen LogP contribution in [0.25, 0.3) is 0 Å². The Hall–Kier alpha value is -1.95. The Labute approximate surface area is 114 Å². The summed E-state index contributed by atoms with van der Waals surface area (Å²) in [6.45, 7) is 2.41. The van der Waals surface area contributed by atoms with Crippen molar-refractivity contribution in [2.75, 3.05) is 5.73 Å². The molecule has 100 valence electrons. The van der Waals surface area contributed by atoms with Gasteiger partial charge in [0.1, 0.15) is 10.8 Å². The predicted octanol–water partition coefficient (Wildman–Crippen LogP) is 2.36. The standard InChI is InChI=1S/C13H14FN3OS/c1-2-9-6-16-12(19-9)7-17-13(18)8-3-4-10(14)11(15)5-8/h3-6H,2,7,15H2,1H3,(H,17,18). The van der Waals surface area contributed by atoms with Gasteiger partial charge < -0.3 is 11.1 Å². The Morgan fingerprint density at radius 2 is 2.32 bits per heavy atom. The van der Waals surface area contributed by atoms with Gasteiger partial charge in [0.25, 0.3) is 5.91 Å². The summed E-state index contributed by atoms with van der Waals surface area (Å²) in [4.78, 5) is 17.2. The Morgan fingerprint density at radius 1 is 1.53 bits per heavy atom. The lowest BCUT2D eigenvalue weighted by Crippen LogP contribution is -2.22. The highest BCUT2D eigenvalue weighted by atomic mass is 32.1. The van der Waals surface area contributed by atoms with E-state index in [0.29, 0.717) is 12.1 Å². The molecule has 4 nitrogen and oxygen atoms in total. The quantitative estimate of drug-likeness (QED) is 0.844. The lowest BCUT2D eigenvalue weighted by molar-refractivity contribution is 0.0951. The zero-order valence-corrected chi connectivity index (χ0v) is 11.3. The number of nitrogen functional groups attached to an aromatic ring is 1. The Morgan fingerprint density at radius 3 is 2.95 bits per heavy atom. The Kier molecular flexibility index (Phi) is 4.11. The SMILES string of the molecule is CCc1cnc(CNC(=O)c2ccc(F)c(N)c2)s1. The van der Waals surface area contributed by atoms with E-state index in [1.807, 2.05) is 6.20 Å². The minimum absolute atomic E-state index is 0.0323. The number of nitrogens with two attached hydrogens (primary N) is 1. The number of nitrogens with one attached hydrogen (secondary N) is 1. The van der Waals surface area contributed by atoms with E-state index in [0.717, 1.165) is 11.4 Å². The van der Waals surface area contributed by atoms with Crippen LogP contribution in [0, 0.1) is 5.82 Å². The fourth-order valence-electron chi connectivity index (χ4n) is 1.54. The van der Waals surface area contributed by atoms with Crippen molar-refractivity contribution in [3.63, 3.8) is 0 Å². The summed E-state index contributed by atoms with van der Waals surface area (Å²) in [5.41, 5.74) is 5.73. The van der Waals surface area contributed by atoms with Crippen LogP contribution in [0.5, 0.6) is 0 Å². The van der Waals surface area contributed by atoms with Crippen molar-refractivity contribution in [3.8, 4) is 0 Å². The summed E-state index contributed by atoms with van der Waals surface area (Å²) in [5.74, 6) is -0.816. The van der Waals surface area contributed by atoms with Crippen LogP contribution in [0.15, 0.2) is 24.4 Å². The first-order valence-electron chi connectivity index (χ1n) is 5.87. The number of aryl methyl sites for hydroxylation is 1. The van der Waals surface area contributed by atoms with E-state index in [4.69, 9.17) is 5.73 Å². The minimum atomic E-state index is -0.524. The maximum atomic E-state index is 13.0. The number of amides is 1. The number of halogens is 1. The second-order valence-corrected chi connectivity index (χ2v) is 5.19. The molecule has 0 spiro atoms. The fraction of sp³-hybridized carbons (Fsp3) is 0.231. The van der Waals surface area contributed by atoms with E-state index >= 15 is 0 Å². The molecule has 0 bridgehead atoms. The highest BCUT2D eigenvalue weighted by Gasteiger charge is 2.09. The van der Waals surface area contributed by atoms with Crippen LogP contribution in [0.4, 0.5) is 10.1 Å². The molecular weight excluding hydrogens is 265 g/mol. The molecule has 0 radical (unpaired) electrons. The Bertz CT molecular complexity index is 597. The van der Waals surface area contributed by atoms with Gasteiger partial charge in [0.2, 0.25) is 0 Å². The van der Waals surface area contributed by atoms with E-state index in [1.165, 1.54) is 23.1 Å². The predicted molar refractivity (Wildman–Crippen MR) is 73.5 cm³/mol.